The summed E-state index contributed by atoms with van der Waals surface area (Å²) in [4.78, 5) is 12.4. The Morgan fingerprint density at radius 2 is 1.96 bits per heavy atom. The molecular weight excluding hydrogens is 353 g/mol. The lowest BCUT2D eigenvalue weighted by Gasteiger charge is -2.07. The van der Waals surface area contributed by atoms with E-state index in [9.17, 15) is 9.18 Å². The van der Waals surface area contributed by atoms with Crippen LogP contribution in [0.1, 0.15) is 17.3 Å². The van der Waals surface area contributed by atoms with Gasteiger partial charge in [-0.1, -0.05) is 42.1 Å². The molecule has 0 saturated carbocycles. The zero-order valence-electron chi connectivity index (χ0n) is 14.5. The Balaban J connectivity index is 1.75. The number of thioether (sulfide) groups is 1. The van der Waals surface area contributed by atoms with Gasteiger partial charge in [0.2, 0.25) is 0 Å². The molecule has 1 heterocycles. The van der Waals surface area contributed by atoms with Crippen molar-refractivity contribution < 1.29 is 13.9 Å². The molecule has 5 nitrogen and oxygen atoms in total. The van der Waals surface area contributed by atoms with Crippen molar-refractivity contribution >= 4 is 17.5 Å². The highest BCUT2D eigenvalue weighted by atomic mass is 32.2. The summed E-state index contributed by atoms with van der Waals surface area (Å²) in [7, 11) is 1.39. The standard InChI is InChI=1S/C19H18FN3O2S/c1-3-23-18(13-7-5-4-6-8-13)21-22-19(23)26-12-16(24)14-9-10-17(25-2)15(20)11-14/h4-11H,3,12H2,1-2H3. The first kappa shape index (κ1) is 18.1. The number of ketones is 1. The number of rotatable bonds is 7. The third-order valence-corrected chi connectivity index (χ3v) is 4.84. The molecule has 134 valence electrons. The third-order valence-electron chi connectivity index (χ3n) is 3.87. The van der Waals surface area contributed by atoms with E-state index in [1.807, 2.05) is 41.8 Å². The Morgan fingerprint density at radius 1 is 1.19 bits per heavy atom. The van der Waals surface area contributed by atoms with E-state index in [4.69, 9.17) is 4.74 Å². The van der Waals surface area contributed by atoms with Crippen LogP contribution in [0.15, 0.2) is 53.7 Å². The highest BCUT2D eigenvalue weighted by Crippen LogP contribution is 2.25. The largest absolute Gasteiger partial charge is 0.494 e. The predicted octanol–water partition coefficient (Wildman–Crippen LogP) is 4.09. The van der Waals surface area contributed by atoms with Gasteiger partial charge in [0.1, 0.15) is 0 Å². The van der Waals surface area contributed by atoms with Crippen LogP contribution in [0.5, 0.6) is 5.75 Å². The van der Waals surface area contributed by atoms with Crippen molar-refractivity contribution in [2.24, 2.45) is 0 Å². The van der Waals surface area contributed by atoms with Crippen LogP contribution in [0, 0.1) is 5.82 Å². The van der Waals surface area contributed by atoms with Crippen LogP contribution in [0.25, 0.3) is 11.4 Å². The average molecular weight is 371 g/mol. The van der Waals surface area contributed by atoms with Gasteiger partial charge in [0.05, 0.1) is 12.9 Å². The summed E-state index contributed by atoms with van der Waals surface area (Å²) < 4.78 is 20.6. The SMILES string of the molecule is CCn1c(SCC(=O)c2ccc(OC)c(F)c2)nnc1-c1ccccc1. The molecule has 0 fully saturated rings. The molecule has 0 aliphatic rings. The molecule has 1 aromatic heterocycles. The molecule has 3 aromatic rings. The van der Waals surface area contributed by atoms with Gasteiger partial charge >= 0.3 is 0 Å². The van der Waals surface area contributed by atoms with E-state index in [0.29, 0.717) is 17.3 Å². The van der Waals surface area contributed by atoms with Gasteiger partial charge in [-0.05, 0) is 25.1 Å². The lowest BCUT2D eigenvalue weighted by atomic mass is 10.1. The summed E-state index contributed by atoms with van der Waals surface area (Å²) in [6.07, 6.45) is 0. The molecule has 0 atom stereocenters. The van der Waals surface area contributed by atoms with Gasteiger partial charge in [-0.3, -0.25) is 4.79 Å². The number of aromatic nitrogens is 3. The maximum Gasteiger partial charge on any atom is 0.191 e. The van der Waals surface area contributed by atoms with Crippen LogP contribution in [-0.2, 0) is 6.54 Å². The van der Waals surface area contributed by atoms with Crippen LogP contribution < -0.4 is 4.74 Å². The number of nitrogens with zero attached hydrogens (tertiary/aromatic N) is 3. The number of halogens is 1. The van der Waals surface area contributed by atoms with Gasteiger partial charge in [0.25, 0.3) is 0 Å². The molecule has 0 spiro atoms. The number of carbonyl (C=O) groups is 1. The minimum absolute atomic E-state index is 0.118. The maximum atomic E-state index is 13.8. The highest BCUT2D eigenvalue weighted by molar-refractivity contribution is 7.99. The van der Waals surface area contributed by atoms with Crippen LogP contribution in [0.2, 0.25) is 0 Å². The van der Waals surface area contributed by atoms with Gasteiger partial charge in [-0.25, -0.2) is 4.39 Å². The van der Waals surface area contributed by atoms with Crippen LogP contribution in [0.3, 0.4) is 0 Å². The summed E-state index contributed by atoms with van der Waals surface area (Å²) in [6.45, 7) is 2.69. The number of methoxy groups -OCH3 is 1. The molecule has 7 heteroatoms. The van der Waals surface area contributed by atoms with E-state index in [-0.39, 0.29) is 17.3 Å². The first-order chi connectivity index (χ1) is 12.6. The molecule has 0 saturated heterocycles. The van der Waals surface area contributed by atoms with E-state index in [0.717, 1.165) is 11.4 Å². The van der Waals surface area contributed by atoms with Crippen molar-refractivity contribution in [3.05, 3.63) is 59.9 Å². The molecule has 0 bridgehead atoms. The number of Topliss-reactive ketones (excluding diaryl/α,β-unsaturated/α-hetero) is 1. The molecular formula is C19H18FN3O2S. The molecule has 3 rings (SSSR count). The molecule has 0 radical (unpaired) electrons. The van der Waals surface area contributed by atoms with Crippen LogP contribution in [0.4, 0.5) is 4.39 Å². The fraction of sp³-hybridized carbons (Fsp3) is 0.211. The molecule has 0 unspecified atom stereocenters. The Morgan fingerprint density at radius 3 is 2.62 bits per heavy atom. The third kappa shape index (κ3) is 3.77. The zero-order chi connectivity index (χ0) is 18.5. The van der Waals surface area contributed by atoms with Gasteiger partial charge in [-0.2, -0.15) is 0 Å². The van der Waals surface area contributed by atoms with Gasteiger partial charge in [0, 0.05) is 17.7 Å². The summed E-state index contributed by atoms with van der Waals surface area (Å²) >= 11 is 1.29. The zero-order valence-corrected chi connectivity index (χ0v) is 15.3. The smallest absolute Gasteiger partial charge is 0.191 e. The summed E-state index contributed by atoms with van der Waals surface area (Å²) in [5, 5.41) is 9.11. The number of hydrogen-bond acceptors (Lipinski definition) is 5. The fourth-order valence-corrected chi connectivity index (χ4v) is 3.43. The maximum absolute atomic E-state index is 13.8. The van der Waals surface area contributed by atoms with E-state index in [1.54, 1.807) is 6.07 Å². The minimum atomic E-state index is -0.550. The topological polar surface area (TPSA) is 57.0 Å². The Labute approximate surface area is 155 Å². The minimum Gasteiger partial charge on any atom is -0.494 e. The van der Waals surface area contributed by atoms with E-state index in [1.165, 1.54) is 31.0 Å². The predicted molar refractivity (Wildman–Crippen MR) is 99.1 cm³/mol. The van der Waals surface area contributed by atoms with Gasteiger partial charge < -0.3 is 9.30 Å². The van der Waals surface area contributed by atoms with Gasteiger partial charge in [-0.15, -0.1) is 10.2 Å². The monoisotopic (exact) mass is 371 g/mol. The normalized spacial score (nSPS) is 10.7. The lowest BCUT2D eigenvalue weighted by molar-refractivity contribution is 0.102. The lowest BCUT2D eigenvalue weighted by Crippen LogP contribution is -2.06. The fourth-order valence-electron chi connectivity index (χ4n) is 2.53. The van der Waals surface area contributed by atoms with Crippen LogP contribution >= 0.6 is 11.8 Å². The number of carbonyl (C=O) groups excluding carboxylic acids is 1. The molecule has 26 heavy (non-hydrogen) atoms. The van der Waals surface area contributed by atoms with Crippen molar-refractivity contribution in [2.45, 2.75) is 18.6 Å². The number of hydrogen-bond donors (Lipinski definition) is 0. The van der Waals surface area contributed by atoms with Gasteiger partial charge in [0.15, 0.2) is 28.3 Å². The van der Waals surface area contributed by atoms with Crippen molar-refractivity contribution in [3.8, 4) is 17.1 Å². The second-order valence-electron chi connectivity index (χ2n) is 5.48. The second kappa shape index (κ2) is 8.14. The van der Waals surface area contributed by atoms with Crippen molar-refractivity contribution in [1.29, 1.82) is 0 Å². The Bertz CT molecular complexity index is 912. The molecule has 0 aliphatic carbocycles. The van der Waals surface area contributed by atoms with E-state index in [2.05, 4.69) is 10.2 Å². The first-order valence-corrected chi connectivity index (χ1v) is 9.10. The highest BCUT2D eigenvalue weighted by Gasteiger charge is 2.16. The van der Waals surface area contributed by atoms with Crippen molar-refractivity contribution in [3.63, 3.8) is 0 Å². The Hall–Kier alpha value is -2.67. The molecule has 0 N–H and O–H groups in total. The van der Waals surface area contributed by atoms with Crippen molar-refractivity contribution in [1.82, 2.24) is 14.8 Å². The molecule has 0 aliphatic heterocycles. The van der Waals surface area contributed by atoms with E-state index >= 15 is 0 Å². The van der Waals surface area contributed by atoms with E-state index < -0.39 is 5.82 Å². The first-order valence-electron chi connectivity index (χ1n) is 8.12. The van der Waals surface area contributed by atoms with Crippen molar-refractivity contribution in [2.75, 3.05) is 12.9 Å². The summed E-state index contributed by atoms with van der Waals surface area (Å²) in [6, 6.07) is 14.0. The number of ether oxygens (including phenoxy) is 1. The molecule has 2 aromatic carbocycles. The Kier molecular flexibility index (Phi) is 5.68. The molecule has 0 amide bonds. The van der Waals surface area contributed by atoms with Crippen LogP contribution in [-0.4, -0.2) is 33.4 Å². The second-order valence-corrected chi connectivity index (χ2v) is 6.42. The summed E-state index contributed by atoms with van der Waals surface area (Å²) in [5.41, 5.74) is 1.28. The average Bonchev–Trinajstić information content (AvgIpc) is 3.09. The quantitative estimate of drug-likeness (QED) is 0.462. The number of benzene rings is 2. The summed E-state index contributed by atoms with van der Waals surface area (Å²) in [5.74, 6) is 0.305.